The van der Waals surface area contributed by atoms with Gasteiger partial charge >= 0.3 is 0 Å². The fraction of sp³-hybridized carbons (Fsp3) is 0.143. The zero-order chi connectivity index (χ0) is 19.0. The Bertz CT molecular complexity index is 1090. The van der Waals surface area contributed by atoms with E-state index in [9.17, 15) is 9.18 Å². The maximum Gasteiger partial charge on any atom is 0.266 e. The van der Waals surface area contributed by atoms with Crippen molar-refractivity contribution in [2.24, 2.45) is 0 Å². The molecule has 0 bridgehead atoms. The van der Waals surface area contributed by atoms with Gasteiger partial charge in [-0.3, -0.25) is 9.69 Å². The first-order valence-electron chi connectivity index (χ1n) is 8.65. The number of para-hydroxylation sites is 1. The number of thiocarbonyl (C=S) groups is 1. The van der Waals surface area contributed by atoms with E-state index in [1.54, 1.807) is 17.0 Å². The molecule has 27 heavy (non-hydrogen) atoms. The Hall–Kier alpha value is -2.44. The van der Waals surface area contributed by atoms with Crippen LogP contribution >= 0.6 is 24.0 Å². The van der Waals surface area contributed by atoms with Crippen LogP contribution in [0.15, 0.2) is 59.6 Å². The predicted octanol–water partition coefficient (Wildman–Crippen LogP) is 5.05. The van der Waals surface area contributed by atoms with Gasteiger partial charge in [0, 0.05) is 34.8 Å². The minimum absolute atomic E-state index is 0.0570. The highest BCUT2D eigenvalue weighted by Gasteiger charge is 2.30. The number of benzene rings is 2. The minimum atomic E-state index is -0.222. The number of hydrogen-bond acceptors (Lipinski definition) is 3. The van der Waals surface area contributed by atoms with Gasteiger partial charge in [-0.2, -0.15) is 0 Å². The van der Waals surface area contributed by atoms with E-state index in [1.165, 1.54) is 17.8 Å². The molecule has 2 heterocycles. The van der Waals surface area contributed by atoms with Crippen molar-refractivity contribution in [2.75, 3.05) is 6.54 Å². The van der Waals surface area contributed by atoms with E-state index in [-0.39, 0.29) is 11.7 Å². The molecule has 0 unspecified atom stereocenters. The average molecular weight is 397 g/mol. The summed E-state index contributed by atoms with van der Waals surface area (Å²) in [5, 5.41) is 1.02. The van der Waals surface area contributed by atoms with Gasteiger partial charge in [0.25, 0.3) is 5.91 Å². The summed E-state index contributed by atoms with van der Waals surface area (Å²) in [5.41, 5.74) is 2.55. The van der Waals surface area contributed by atoms with Gasteiger partial charge in [0.15, 0.2) is 0 Å². The summed E-state index contributed by atoms with van der Waals surface area (Å²) >= 11 is 6.62. The number of fused-ring (bicyclic) bond motifs is 1. The smallest absolute Gasteiger partial charge is 0.266 e. The van der Waals surface area contributed by atoms with Crippen LogP contribution < -0.4 is 0 Å². The molecular formula is C21H17FN2OS2. The van der Waals surface area contributed by atoms with Crippen molar-refractivity contribution in [1.29, 1.82) is 0 Å². The number of aromatic nitrogens is 1. The molecule has 0 saturated carbocycles. The second-order valence-corrected chi connectivity index (χ2v) is 7.92. The zero-order valence-electron chi connectivity index (χ0n) is 14.7. The highest BCUT2D eigenvalue weighted by atomic mass is 32.2. The lowest BCUT2D eigenvalue weighted by molar-refractivity contribution is -0.121. The molecule has 136 valence electrons. The molecule has 1 saturated heterocycles. The summed E-state index contributed by atoms with van der Waals surface area (Å²) in [6, 6.07) is 14.7. The van der Waals surface area contributed by atoms with Gasteiger partial charge in [-0.1, -0.05) is 60.4 Å². The second kappa shape index (κ2) is 7.29. The number of rotatable bonds is 4. The lowest BCUT2D eigenvalue weighted by atomic mass is 10.1. The third kappa shape index (κ3) is 3.31. The summed E-state index contributed by atoms with van der Waals surface area (Å²) in [7, 11) is 0. The van der Waals surface area contributed by atoms with Gasteiger partial charge in [-0.05, 0) is 25.1 Å². The van der Waals surface area contributed by atoms with E-state index < -0.39 is 0 Å². The van der Waals surface area contributed by atoms with Crippen LogP contribution in [0.4, 0.5) is 4.39 Å². The van der Waals surface area contributed by atoms with E-state index in [2.05, 4.69) is 0 Å². The van der Waals surface area contributed by atoms with Crippen LogP contribution in [0.25, 0.3) is 17.0 Å². The average Bonchev–Trinajstić information content (AvgIpc) is 3.14. The van der Waals surface area contributed by atoms with Crippen molar-refractivity contribution in [1.82, 2.24) is 9.47 Å². The summed E-state index contributed by atoms with van der Waals surface area (Å²) in [4.78, 5) is 14.7. The van der Waals surface area contributed by atoms with Crippen LogP contribution in [0.5, 0.6) is 0 Å². The van der Waals surface area contributed by atoms with Crippen LogP contribution in [0.2, 0.25) is 0 Å². The van der Waals surface area contributed by atoms with Crippen LogP contribution in [0, 0.1) is 5.82 Å². The molecule has 4 rings (SSSR count). The van der Waals surface area contributed by atoms with Crippen molar-refractivity contribution in [3.05, 3.63) is 76.6 Å². The van der Waals surface area contributed by atoms with Crippen LogP contribution in [0.1, 0.15) is 18.1 Å². The molecule has 1 fully saturated rings. The number of likely N-dealkylation sites (N-methyl/N-ethyl adjacent to an activating group) is 1. The molecule has 0 aliphatic carbocycles. The lowest BCUT2D eigenvalue weighted by Crippen LogP contribution is -2.27. The standard InChI is InChI=1S/C21H17FN2OS2/c1-2-24-20(25)19(27-21(24)26)11-15-13-23(18-10-6-4-8-16(15)18)12-14-7-3-5-9-17(14)22/h3-11,13H,2,12H2,1H3/b19-11-. The molecule has 1 aliphatic rings. The highest BCUT2D eigenvalue weighted by molar-refractivity contribution is 8.26. The van der Waals surface area contributed by atoms with E-state index in [4.69, 9.17) is 12.2 Å². The normalized spacial score (nSPS) is 16.1. The van der Waals surface area contributed by atoms with Crippen molar-refractivity contribution >= 4 is 51.2 Å². The molecule has 1 aliphatic heterocycles. The number of thioether (sulfide) groups is 1. The third-order valence-electron chi connectivity index (χ3n) is 4.59. The SMILES string of the molecule is CCN1C(=O)/C(=C/c2cn(Cc3ccccc3F)c3ccccc23)SC1=S. The fourth-order valence-electron chi connectivity index (χ4n) is 3.25. The topological polar surface area (TPSA) is 25.2 Å². The summed E-state index contributed by atoms with van der Waals surface area (Å²) in [6.07, 6.45) is 3.85. The summed E-state index contributed by atoms with van der Waals surface area (Å²) in [5.74, 6) is -0.279. The quantitative estimate of drug-likeness (QED) is 0.456. The molecule has 3 nitrogen and oxygen atoms in total. The van der Waals surface area contributed by atoms with Gasteiger partial charge in [-0.25, -0.2) is 4.39 Å². The van der Waals surface area contributed by atoms with Crippen LogP contribution in [-0.4, -0.2) is 26.2 Å². The van der Waals surface area contributed by atoms with Gasteiger partial charge < -0.3 is 4.57 Å². The zero-order valence-corrected chi connectivity index (χ0v) is 16.3. The summed E-state index contributed by atoms with van der Waals surface area (Å²) < 4.78 is 16.7. The minimum Gasteiger partial charge on any atom is -0.342 e. The Morgan fingerprint density at radius 3 is 2.63 bits per heavy atom. The van der Waals surface area contributed by atoms with Crippen molar-refractivity contribution in [3.63, 3.8) is 0 Å². The van der Waals surface area contributed by atoms with E-state index in [0.29, 0.717) is 27.9 Å². The first-order valence-corrected chi connectivity index (χ1v) is 9.87. The maximum absolute atomic E-state index is 14.1. The third-order valence-corrected chi connectivity index (χ3v) is 5.97. The Kier molecular flexibility index (Phi) is 4.85. The lowest BCUT2D eigenvalue weighted by Gasteiger charge is -2.09. The molecular weight excluding hydrogens is 379 g/mol. The van der Waals surface area contributed by atoms with Gasteiger partial charge in [0.1, 0.15) is 10.1 Å². The fourth-order valence-corrected chi connectivity index (χ4v) is 4.62. The summed E-state index contributed by atoms with van der Waals surface area (Å²) in [6.45, 7) is 2.90. The Morgan fingerprint density at radius 2 is 1.89 bits per heavy atom. The molecule has 3 aromatic rings. The first kappa shape index (κ1) is 17.9. The van der Waals surface area contributed by atoms with Gasteiger partial charge in [-0.15, -0.1) is 0 Å². The van der Waals surface area contributed by atoms with Crippen molar-refractivity contribution in [2.45, 2.75) is 13.5 Å². The molecule has 6 heteroatoms. The van der Waals surface area contributed by atoms with E-state index in [1.807, 2.05) is 54.1 Å². The number of carbonyl (C=O) groups is 1. The number of amides is 1. The maximum atomic E-state index is 14.1. The van der Waals surface area contributed by atoms with Crippen LogP contribution in [-0.2, 0) is 11.3 Å². The predicted molar refractivity (Wildman–Crippen MR) is 113 cm³/mol. The number of nitrogens with zero attached hydrogens (tertiary/aromatic N) is 2. The van der Waals surface area contributed by atoms with Crippen molar-refractivity contribution < 1.29 is 9.18 Å². The molecule has 1 amide bonds. The number of hydrogen-bond donors (Lipinski definition) is 0. The number of carbonyl (C=O) groups excluding carboxylic acids is 1. The molecule has 2 aromatic carbocycles. The second-order valence-electron chi connectivity index (χ2n) is 6.25. The van der Waals surface area contributed by atoms with Crippen molar-refractivity contribution in [3.8, 4) is 0 Å². The molecule has 0 spiro atoms. The highest BCUT2D eigenvalue weighted by Crippen LogP contribution is 2.34. The molecule has 1 aromatic heterocycles. The molecule has 0 radical (unpaired) electrons. The van der Waals surface area contributed by atoms with E-state index >= 15 is 0 Å². The van der Waals surface area contributed by atoms with Crippen LogP contribution in [0.3, 0.4) is 0 Å². The monoisotopic (exact) mass is 396 g/mol. The van der Waals surface area contributed by atoms with Gasteiger partial charge in [0.2, 0.25) is 0 Å². The van der Waals surface area contributed by atoms with E-state index in [0.717, 1.165) is 16.5 Å². The Morgan fingerprint density at radius 1 is 1.15 bits per heavy atom. The number of halogens is 1. The Balaban J connectivity index is 1.77. The largest absolute Gasteiger partial charge is 0.342 e. The Labute approximate surface area is 166 Å². The van der Waals surface area contributed by atoms with Gasteiger partial charge in [0.05, 0.1) is 11.4 Å². The first-order chi connectivity index (χ1) is 13.1. The molecule has 0 atom stereocenters. The molecule has 0 N–H and O–H groups in total.